The van der Waals surface area contributed by atoms with Gasteiger partial charge < -0.3 is 10.5 Å². The quantitative estimate of drug-likeness (QED) is 0.907. The molecular weight excluding hydrogens is 236 g/mol. The summed E-state index contributed by atoms with van der Waals surface area (Å²) in [7, 11) is 1.80. The van der Waals surface area contributed by atoms with E-state index in [0.717, 1.165) is 18.9 Å². The second-order valence-corrected chi connectivity index (χ2v) is 5.92. The van der Waals surface area contributed by atoms with Gasteiger partial charge in [0.2, 0.25) is 0 Å². The number of ether oxygens (including phenoxy) is 1. The first-order valence-corrected chi connectivity index (χ1v) is 7.37. The zero-order valence-corrected chi connectivity index (χ0v) is 11.7. The van der Waals surface area contributed by atoms with Crippen LogP contribution >= 0.6 is 0 Å². The second-order valence-electron chi connectivity index (χ2n) is 5.92. The summed E-state index contributed by atoms with van der Waals surface area (Å²) in [6, 6.07) is 9.45. The van der Waals surface area contributed by atoms with E-state index in [-0.39, 0.29) is 6.04 Å². The van der Waals surface area contributed by atoms with Gasteiger partial charge >= 0.3 is 0 Å². The smallest absolute Gasteiger partial charge is 0.0491 e. The van der Waals surface area contributed by atoms with Crippen molar-refractivity contribution >= 4 is 0 Å². The van der Waals surface area contributed by atoms with Crippen molar-refractivity contribution in [2.45, 2.75) is 31.3 Å². The van der Waals surface area contributed by atoms with Crippen LogP contribution in [0.15, 0.2) is 24.3 Å². The molecule has 2 N–H and O–H groups in total. The Balaban J connectivity index is 1.69. The Hall–Kier alpha value is -0.900. The van der Waals surface area contributed by atoms with Crippen molar-refractivity contribution in [2.75, 3.05) is 26.8 Å². The molecule has 1 fully saturated rings. The lowest BCUT2D eigenvalue weighted by atomic mass is 9.95. The minimum absolute atomic E-state index is 0.220. The Morgan fingerprint density at radius 2 is 1.89 bits per heavy atom. The van der Waals surface area contributed by atoms with Gasteiger partial charge in [0.1, 0.15) is 0 Å². The molecule has 19 heavy (non-hydrogen) atoms. The van der Waals surface area contributed by atoms with Crippen molar-refractivity contribution in [3.8, 4) is 0 Å². The third kappa shape index (κ3) is 2.55. The van der Waals surface area contributed by atoms with Crippen LogP contribution in [0.5, 0.6) is 0 Å². The van der Waals surface area contributed by atoms with Crippen LogP contribution < -0.4 is 5.73 Å². The van der Waals surface area contributed by atoms with Crippen LogP contribution in [0.4, 0.5) is 0 Å². The van der Waals surface area contributed by atoms with Gasteiger partial charge in [0, 0.05) is 25.8 Å². The maximum atomic E-state index is 6.27. The summed E-state index contributed by atoms with van der Waals surface area (Å²) in [5, 5.41) is 0. The maximum Gasteiger partial charge on any atom is 0.0491 e. The number of piperidine rings is 1. The van der Waals surface area contributed by atoms with Crippen LogP contribution in [0.1, 0.15) is 42.5 Å². The molecule has 1 heterocycles. The molecule has 3 nitrogen and oxygen atoms in total. The monoisotopic (exact) mass is 260 g/mol. The van der Waals surface area contributed by atoms with Crippen molar-refractivity contribution in [2.24, 2.45) is 11.7 Å². The summed E-state index contributed by atoms with van der Waals surface area (Å²) < 4.78 is 5.28. The third-order valence-electron chi connectivity index (χ3n) is 4.72. The molecule has 1 saturated heterocycles. The summed E-state index contributed by atoms with van der Waals surface area (Å²) in [4.78, 5) is 2.62. The topological polar surface area (TPSA) is 38.5 Å². The van der Waals surface area contributed by atoms with Crippen LogP contribution in [-0.2, 0) is 4.74 Å². The van der Waals surface area contributed by atoms with Gasteiger partial charge in [-0.1, -0.05) is 24.3 Å². The molecule has 0 aromatic heterocycles. The summed E-state index contributed by atoms with van der Waals surface area (Å²) in [5.74, 6) is 0.742. The summed E-state index contributed by atoms with van der Waals surface area (Å²) in [6.45, 7) is 3.27. The Kier molecular flexibility index (Phi) is 3.87. The molecule has 2 atom stereocenters. The van der Waals surface area contributed by atoms with E-state index < -0.39 is 0 Å². The number of hydrogen-bond acceptors (Lipinski definition) is 3. The zero-order valence-electron chi connectivity index (χ0n) is 11.7. The molecular formula is C16H24N2O. The van der Waals surface area contributed by atoms with Crippen LogP contribution in [-0.4, -0.2) is 31.7 Å². The van der Waals surface area contributed by atoms with Crippen molar-refractivity contribution in [3.05, 3.63) is 35.4 Å². The lowest BCUT2D eigenvalue weighted by Gasteiger charge is -2.36. The SMILES string of the molecule is COCC1CCN(C2CC(N)c3ccccc32)CC1. The van der Waals surface area contributed by atoms with Crippen LogP contribution in [0.2, 0.25) is 0 Å². The lowest BCUT2D eigenvalue weighted by Crippen LogP contribution is -2.37. The molecule has 1 aliphatic heterocycles. The zero-order chi connectivity index (χ0) is 13.2. The van der Waals surface area contributed by atoms with Gasteiger partial charge in [0.05, 0.1) is 0 Å². The number of likely N-dealkylation sites (tertiary alicyclic amines) is 1. The van der Waals surface area contributed by atoms with Crippen LogP contribution in [0.25, 0.3) is 0 Å². The van der Waals surface area contributed by atoms with E-state index >= 15 is 0 Å². The molecule has 2 aliphatic rings. The highest BCUT2D eigenvalue weighted by Crippen LogP contribution is 2.42. The molecule has 0 spiro atoms. The normalized spacial score (nSPS) is 28.5. The van der Waals surface area contributed by atoms with E-state index in [2.05, 4.69) is 29.2 Å². The van der Waals surface area contributed by atoms with Crippen molar-refractivity contribution < 1.29 is 4.74 Å². The Labute approximate surface area is 115 Å². The summed E-state index contributed by atoms with van der Waals surface area (Å²) in [5.41, 5.74) is 9.08. The van der Waals surface area contributed by atoms with Gasteiger partial charge in [-0.05, 0) is 49.4 Å². The second kappa shape index (κ2) is 5.61. The van der Waals surface area contributed by atoms with E-state index in [1.54, 1.807) is 7.11 Å². The van der Waals surface area contributed by atoms with E-state index in [9.17, 15) is 0 Å². The first-order chi connectivity index (χ1) is 9.29. The molecule has 0 saturated carbocycles. The largest absolute Gasteiger partial charge is 0.384 e. The lowest BCUT2D eigenvalue weighted by molar-refractivity contribution is 0.0783. The maximum absolute atomic E-state index is 6.27. The standard InChI is InChI=1S/C16H24N2O/c1-19-11-12-6-8-18(9-7-12)16-10-15(17)13-4-2-3-5-14(13)16/h2-5,12,15-16H,6-11,17H2,1H3. The highest BCUT2D eigenvalue weighted by atomic mass is 16.5. The van der Waals surface area contributed by atoms with E-state index in [4.69, 9.17) is 10.5 Å². The summed E-state index contributed by atoms with van der Waals surface area (Å²) >= 11 is 0. The number of fused-ring (bicyclic) bond motifs is 1. The fraction of sp³-hybridized carbons (Fsp3) is 0.625. The predicted molar refractivity (Wildman–Crippen MR) is 76.9 cm³/mol. The molecule has 0 radical (unpaired) electrons. The van der Waals surface area contributed by atoms with E-state index in [1.807, 2.05) is 0 Å². The molecule has 3 heteroatoms. The third-order valence-corrected chi connectivity index (χ3v) is 4.72. The van der Waals surface area contributed by atoms with E-state index in [1.165, 1.54) is 37.1 Å². The number of methoxy groups -OCH3 is 1. The molecule has 3 rings (SSSR count). The van der Waals surface area contributed by atoms with Gasteiger partial charge in [-0.3, -0.25) is 4.90 Å². The highest BCUT2D eigenvalue weighted by Gasteiger charge is 2.34. The fourth-order valence-electron chi connectivity index (χ4n) is 3.66. The summed E-state index contributed by atoms with van der Waals surface area (Å²) in [6.07, 6.45) is 3.58. The molecule has 1 aliphatic carbocycles. The van der Waals surface area contributed by atoms with Crippen molar-refractivity contribution in [1.82, 2.24) is 4.90 Å². The molecule has 0 bridgehead atoms. The Bertz CT molecular complexity index is 427. The van der Waals surface area contributed by atoms with Crippen LogP contribution in [0, 0.1) is 5.92 Å². The molecule has 1 aromatic rings. The number of hydrogen-bond donors (Lipinski definition) is 1. The minimum atomic E-state index is 0.220. The van der Waals surface area contributed by atoms with Crippen LogP contribution in [0.3, 0.4) is 0 Å². The Morgan fingerprint density at radius 1 is 1.21 bits per heavy atom. The Morgan fingerprint density at radius 3 is 2.58 bits per heavy atom. The first kappa shape index (κ1) is 13.1. The molecule has 0 amide bonds. The van der Waals surface area contributed by atoms with Gasteiger partial charge in [-0.2, -0.15) is 0 Å². The number of nitrogens with zero attached hydrogens (tertiary/aromatic N) is 1. The first-order valence-electron chi connectivity index (χ1n) is 7.37. The van der Waals surface area contributed by atoms with Crippen molar-refractivity contribution in [3.63, 3.8) is 0 Å². The average molecular weight is 260 g/mol. The predicted octanol–water partition coefficient (Wildman–Crippen LogP) is 2.49. The average Bonchev–Trinajstić information content (AvgIpc) is 2.78. The number of rotatable bonds is 3. The number of nitrogens with two attached hydrogens (primary N) is 1. The van der Waals surface area contributed by atoms with Crippen molar-refractivity contribution in [1.29, 1.82) is 0 Å². The molecule has 104 valence electrons. The van der Waals surface area contributed by atoms with E-state index in [0.29, 0.717) is 6.04 Å². The molecule has 2 unspecified atom stereocenters. The fourth-order valence-corrected chi connectivity index (χ4v) is 3.66. The number of benzene rings is 1. The van der Waals surface area contributed by atoms with Gasteiger partial charge in [0.25, 0.3) is 0 Å². The molecule has 1 aromatic carbocycles. The minimum Gasteiger partial charge on any atom is -0.384 e. The van der Waals surface area contributed by atoms with Gasteiger partial charge in [-0.25, -0.2) is 0 Å². The van der Waals surface area contributed by atoms with Gasteiger partial charge in [0.15, 0.2) is 0 Å². The van der Waals surface area contributed by atoms with Gasteiger partial charge in [-0.15, -0.1) is 0 Å². The highest BCUT2D eigenvalue weighted by molar-refractivity contribution is 5.37.